The number of cyclic esters (lactones) is 1. The molecular formula is C19H24Cl2O3. The molecule has 2 rings (SSSR count). The van der Waals surface area contributed by atoms with Crippen molar-refractivity contribution in [1.29, 1.82) is 0 Å². The van der Waals surface area contributed by atoms with E-state index in [0.29, 0.717) is 17.9 Å². The number of esters is 1. The van der Waals surface area contributed by atoms with E-state index in [1.165, 1.54) is 0 Å². The highest BCUT2D eigenvalue weighted by Crippen LogP contribution is 2.29. The molecule has 1 aliphatic rings. The van der Waals surface area contributed by atoms with E-state index >= 15 is 0 Å². The summed E-state index contributed by atoms with van der Waals surface area (Å²) in [5, 5.41) is 10.6. The Morgan fingerprint density at radius 1 is 1.25 bits per heavy atom. The predicted octanol–water partition coefficient (Wildman–Crippen LogP) is 5.88. The van der Waals surface area contributed by atoms with E-state index in [1.807, 2.05) is 12.1 Å². The molecule has 1 aromatic carbocycles. The number of ether oxygens (including phenoxy) is 1. The van der Waals surface area contributed by atoms with Crippen molar-refractivity contribution < 1.29 is 14.6 Å². The van der Waals surface area contributed by atoms with Crippen LogP contribution in [-0.2, 0) is 16.0 Å². The van der Waals surface area contributed by atoms with E-state index in [2.05, 4.69) is 6.58 Å². The highest BCUT2D eigenvalue weighted by molar-refractivity contribution is 6.35. The molecule has 0 spiro atoms. The van der Waals surface area contributed by atoms with Crippen LogP contribution in [0, 0.1) is 5.92 Å². The van der Waals surface area contributed by atoms with Gasteiger partial charge in [-0.25, -0.2) is 0 Å². The fourth-order valence-corrected chi connectivity index (χ4v) is 3.62. The summed E-state index contributed by atoms with van der Waals surface area (Å²) in [6.45, 7) is 3.44. The van der Waals surface area contributed by atoms with Gasteiger partial charge in [-0.05, 0) is 49.8 Å². The van der Waals surface area contributed by atoms with Crippen molar-refractivity contribution in [3.63, 3.8) is 0 Å². The molecule has 1 aliphatic heterocycles. The number of carbonyl (C=O) groups is 1. The summed E-state index contributed by atoms with van der Waals surface area (Å²) >= 11 is 12.1. The highest BCUT2D eigenvalue weighted by atomic mass is 35.5. The quantitative estimate of drug-likeness (QED) is 0.335. The third-order valence-corrected chi connectivity index (χ3v) is 4.97. The Hall–Kier alpha value is -1.19. The fourth-order valence-electron chi connectivity index (χ4n) is 3.12. The van der Waals surface area contributed by atoms with E-state index in [-0.39, 0.29) is 23.8 Å². The Morgan fingerprint density at radius 3 is 2.71 bits per heavy atom. The monoisotopic (exact) mass is 370 g/mol. The van der Waals surface area contributed by atoms with Crippen LogP contribution in [-0.4, -0.2) is 17.2 Å². The minimum Gasteiger partial charge on any atom is -0.513 e. The summed E-state index contributed by atoms with van der Waals surface area (Å²) in [6, 6.07) is 5.64. The Balaban J connectivity index is 1.59. The SMILES string of the molecule is C=C(O)CC1CC(CCCCCCc2ccc(Cl)cc2Cl)OC1=O. The van der Waals surface area contributed by atoms with E-state index in [9.17, 15) is 9.90 Å². The maximum absolute atomic E-state index is 11.7. The molecule has 0 aliphatic carbocycles. The van der Waals surface area contributed by atoms with E-state index in [1.54, 1.807) is 6.07 Å². The molecule has 0 amide bonds. The molecule has 132 valence electrons. The largest absolute Gasteiger partial charge is 0.513 e. The van der Waals surface area contributed by atoms with Crippen LogP contribution < -0.4 is 0 Å². The topological polar surface area (TPSA) is 46.5 Å². The lowest BCUT2D eigenvalue weighted by atomic mass is 9.97. The number of hydrogen-bond donors (Lipinski definition) is 1. The molecule has 0 aromatic heterocycles. The summed E-state index contributed by atoms with van der Waals surface area (Å²) in [7, 11) is 0. The molecule has 1 fully saturated rings. The number of unbranched alkanes of at least 4 members (excludes halogenated alkanes) is 3. The van der Waals surface area contributed by atoms with Crippen LogP contribution in [0.15, 0.2) is 30.5 Å². The molecular weight excluding hydrogens is 347 g/mol. The van der Waals surface area contributed by atoms with Crippen LogP contribution in [0.4, 0.5) is 0 Å². The number of rotatable bonds is 9. The van der Waals surface area contributed by atoms with Crippen molar-refractivity contribution in [2.75, 3.05) is 0 Å². The molecule has 1 N–H and O–H groups in total. The Kier molecular flexibility index (Phi) is 7.44. The van der Waals surface area contributed by atoms with Gasteiger partial charge in [-0.15, -0.1) is 0 Å². The molecule has 0 radical (unpaired) electrons. The minimum atomic E-state index is -0.223. The van der Waals surface area contributed by atoms with Gasteiger partial charge in [0.15, 0.2) is 0 Å². The van der Waals surface area contributed by atoms with Gasteiger partial charge in [-0.2, -0.15) is 0 Å². The lowest BCUT2D eigenvalue weighted by Gasteiger charge is -2.09. The van der Waals surface area contributed by atoms with Crippen LogP contribution in [0.5, 0.6) is 0 Å². The number of carbonyl (C=O) groups excluding carboxylic acids is 1. The average molecular weight is 371 g/mol. The molecule has 1 saturated heterocycles. The van der Waals surface area contributed by atoms with Crippen LogP contribution >= 0.6 is 23.2 Å². The second-order valence-electron chi connectivity index (χ2n) is 6.45. The van der Waals surface area contributed by atoms with Gasteiger partial charge in [0, 0.05) is 16.5 Å². The summed E-state index contributed by atoms with van der Waals surface area (Å²) in [6.07, 6.45) is 7.20. The van der Waals surface area contributed by atoms with Gasteiger partial charge in [-0.1, -0.05) is 48.7 Å². The molecule has 1 aromatic rings. The molecule has 24 heavy (non-hydrogen) atoms. The van der Waals surface area contributed by atoms with Crippen molar-refractivity contribution in [3.05, 3.63) is 46.1 Å². The third-order valence-electron chi connectivity index (χ3n) is 4.38. The van der Waals surface area contributed by atoms with Gasteiger partial charge in [0.25, 0.3) is 0 Å². The first-order valence-electron chi connectivity index (χ1n) is 8.47. The Morgan fingerprint density at radius 2 is 2.00 bits per heavy atom. The zero-order chi connectivity index (χ0) is 17.5. The fraction of sp³-hybridized carbons (Fsp3) is 0.526. The summed E-state index contributed by atoms with van der Waals surface area (Å²) in [5.74, 6) is -0.370. The smallest absolute Gasteiger partial charge is 0.309 e. The molecule has 2 unspecified atom stereocenters. The van der Waals surface area contributed by atoms with E-state index in [4.69, 9.17) is 27.9 Å². The standard InChI is InChI=1S/C19H24Cl2O3/c1-13(22)10-15-11-17(24-19(15)23)7-5-3-2-4-6-14-8-9-16(20)12-18(14)21/h8-9,12,15,17,22H,1-7,10-11H2. The first kappa shape index (κ1) is 19.1. The second kappa shape index (κ2) is 9.33. The number of hydrogen-bond acceptors (Lipinski definition) is 3. The normalized spacial score (nSPS) is 20.2. The van der Waals surface area contributed by atoms with Crippen molar-refractivity contribution >= 4 is 29.2 Å². The third kappa shape index (κ3) is 6.03. The average Bonchev–Trinajstić information content (AvgIpc) is 2.84. The minimum absolute atomic E-state index is 0.00689. The first-order chi connectivity index (χ1) is 11.5. The molecule has 1 heterocycles. The lowest BCUT2D eigenvalue weighted by Crippen LogP contribution is -2.08. The summed E-state index contributed by atoms with van der Waals surface area (Å²) in [5.41, 5.74) is 1.14. The number of aliphatic hydroxyl groups excluding tert-OH is 1. The number of aliphatic hydroxyl groups is 1. The highest BCUT2D eigenvalue weighted by Gasteiger charge is 2.34. The number of aryl methyl sites for hydroxylation is 1. The van der Waals surface area contributed by atoms with Gasteiger partial charge in [-0.3, -0.25) is 4.79 Å². The van der Waals surface area contributed by atoms with E-state index in [0.717, 1.165) is 49.1 Å². The second-order valence-corrected chi connectivity index (χ2v) is 7.29. The maximum atomic E-state index is 11.7. The number of allylic oxidation sites excluding steroid dienone is 1. The molecule has 5 heteroatoms. The summed E-state index contributed by atoms with van der Waals surface area (Å²) in [4.78, 5) is 11.7. The van der Waals surface area contributed by atoms with Gasteiger partial charge in [0.2, 0.25) is 0 Å². The Labute approximate surface area is 153 Å². The van der Waals surface area contributed by atoms with Crippen LogP contribution in [0.2, 0.25) is 10.0 Å². The maximum Gasteiger partial charge on any atom is 0.309 e. The molecule has 0 saturated carbocycles. The zero-order valence-corrected chi connectivity index (χ0v) is 15.3. The van der Waals surface area contributed by atoms with Crippen molar-refractivity contribution in [2.24, 2.45) is 5.92 Å². The van der Waals surface area contributed by atoms with Gasteiger partial charge in [0.05, 0.1) is 11.7 Å². The Bertz CT molecular complexity index is 586. The molecule has 2 atom stereocenters. The van der Waals surface area contributed by atoms with Gasteiger partial charge < -0.3 is 9.84 Å². The molecule has 0 bridgehead atoms. The van der Waals surface area contributed by atoms with Gasteiger partial charge in [0.1, 0.15) is 6.10 Å². The summed E-state index contributed by atoms with van der Waals surface area (Å²) < 4.78 is 5.36. The molecule has 3 nitrogen and oxygen atoms in total. The number of halogens is 2. The lowest BCUT2D eigenvalue weighted by molar-refractivity contribution is -0.144. The first-order valence-corrected chi connectivity index (χ1v) is 9.22. The number of benzene rings is 1. The van der Waals surface area contributed by atoms with Crippen molar-refractivity contribution in [1.82, 2.24) is 0 Å². The van der Waals surface area contributed by atoms with Crippen LogP contribution in [0.25, 0.3) is 0 Å². The van der Waals surface area contributed by atoms with Gasteiger partial charge >= 0.3 is 5.97 Å². The predicted molar refractivity (Wildman–Crippen MR) is 97.6 cm³/mol. The van der Waals surface area contributed by atoms with E-state index < -0.39 is 0 Å². The zero-order valence-electron chi connectivity index (χ0n) is 13.8. The van der Waals surface area contributed by atoms with Crippen LogP contribution in [0.1, 0.15) is 50.5 Å². The van der Waals surface area contributed by atoms with Crippen LogP contribution in [0.3, 0.4) is 0 Å². The van der Waals surface area contributed by atoms with Crippen molar-refractivity contribution in [2.45, 2.75) is 57.5 Å². The van der Waals surface area contributed by atoms with Crippen molar-refractivity contribution in [3.8, 4) is 0 Å².